The van der Waals surface area contributed by atoms with E-state index in [1.165, 1.54) is 19.3 Å². The molecule has 7 heteroatoms. The third-order valence-corrected chi connectivity index (χ3v) is 4.47. The summed E-state index contributed by atoms with van der Waals surface area (Å²) in [7, 11) is 1.98. The number of aliphatic imine (C=N–C) groups is 1. The molecular weight excluding hydrogens is 280 g/mol. The van der Waals surface area contributed by atoms with Crippen LogP contribution in [0.5, 0.6) is 0 Å². The van der Waals surface area contributed by atoms with Crippen molar-refractivity contribution in [3.8, 4) is 0 Å². The topological polar surface area (TPSA) is 67.6 Å². The van der Waals surface area contributed by atoms with Crippen LogP contribution in [-0.4, -0.2) is 58.0 Å². The smallest absolute Gasteiger partial charge is 0.194 e. The molecule has 0 aliphatic carbocycles. The Labute approximate surface area is 131 Å². The van der Waals surface area contributed by atoms with Gasteiger partial charge in [0.25, 0.3) is 0 Å². The van der Waals surface area contributed by atoms with Crippen molar-refractivity contribution in [3.05, 3.63) is 11.6 Å². The average molecular weight is 306 g/mol. The summed E-state index contributed by atoms with van der Waals surface area (Å²) in [5, 5.41) is 11.8. The molecule has 22 heavy (non-hydrogen) atoms. The second-order valence-corrected chi connectivity index (χ2v) is 6.07. The number of aryl methyl sites for hydroxylation is 1. The van der Waals surface area contributed by atoms with Crippen molar-refractivity contribution in [1.29, 1.82) is 0 Å². The summed E-state index contributed by atoms with van der Waals surface area (Å²) < 4.78 is 7.68. The van der Waals surface area contributed by atoms with Gasteiger partial charge in [-0.3, -0.25) is 0 Å². The maximum atomic E-state index is 5.69. The van der Waals surface area contributed by atoms with Gasteiger partial charge >= 0.3 is 0 Å². The molecule has 1 aromatic rings. The molecule has 1 N–H and O–H groups in total. The number of hydrogen-bond donors (Lipinski definition) is 1. The molecule has 1 atom stereocenters. The van der Waals surface area contributed by atoms with E-state index in [2.05, 4.69) is 20.4 Å². The van der Waals surface area contributed by atoms with Gasteiger partial charge in [-0.05, 0) is 32.6 Å². The van der Waals surface area contributed by atoms with E-state index in [0.29, 0.717) is 12.6 Å². The van der Waals surface area contributed by atoms with E-state index in [9.17, 15) is 0 Å². The highest BCUT2D eigenvalue weighted by atomic mass is 16.5. The zero-order valence-corrected chi connectivity index (χ0v) is 13.6. The summed E-state index contributed by atoms with van der Waals surface area (Å²) in [6.45, 7) is 6.40. The van der Waals surface area contributed by atoms with Gasteiger partial charge in [0.1, 0.15) is 12.4 Å². The lowest BCUT2D eigenvalue weighted by molar-refractivity contribution is 0.113. The molecule has 1 unspecified atom stereocenters. The van der Waals surface area contributed by atoms with Gasteiger partial charge in [0.2, 0.25) is 0 Å². The zero-order chi connectivity index (χ0) is 15.4. The second-order valence-electron chi connectivity index (χ2n) is 6.07. The summed E-state index contributed by atoms with van der Waals surface area (Å²) in [6, 6.07) is 0. The van der Waals surface area contributed by atoms with Gasteiger partial charge in [0.15, 0.2) is 11.8 Å². The Hall–Kier alpha value is -1.63. The SMILES string of the molecule is Cc1nnc(CN=C(NCC2CCCO2)N2CCCC2)n1C. The number of ether oxygens (including phenoxy) is 1. The number of aromatic nitrogens is 3. The van der Waals surface area contributed by atoms with Crippen LogP contribution in [-0.2, 0) is 18.3 Å². The Bertz CT molecular complexity index is 514. The first kappa shape index (κ1) is 15.3. The average Bonchev–Trinajstić information content (AvgIpc) is 3.25. The molecule has 2 aliphatic heterocycles. The zero-order valence-electron chi connectivity index (χ0n) is 13.6. The Balaban J connectivity index is 1.63. The highest BCUT2D eigenvalue weighted by Crippen LogP contribution is 2.12. The fourth-order valence-electron chi connectivity index (χ4n) is 2.94. The van der Waals surface area contributed by atoms with Crippen LogP contribution in [0.2, 0.25) is 0 Å². The normalized spacial score (nSPS) is 22.5. The molecule has 2 saturated heterocycles. The molecular formula is C15H26N6O. The fraction of sp³-hybridized carbons (Fsp3) is 0.800. The highest BCUT2D eigenvalue weighted by Gasteiger charge is 2.20. The molecule has 0 radical (unpaired) electrons. The van der Waals surface area contributed by atoms with Crippen LogP contribution in [0.25, 0.3) is 0 Å². The quantitative estimate of drug-likeness (QED) is 0.659. The Kier molecular flexibility index (Phi) is 4.92. The predicted octanol–water partition coefficient (Wildman–Crippen LogP) is 0.844. The first-order valence-electron chi connectivity index (χ1n) is 8.24. The Morgan fingerprint density at radius 2 is 2.14 bits per heavy atom. The molecule has 2 aliphatic rings. The van der Waals surface area contributed by atoms with Gasteiger partial charge in [-0.25, -0.2) is 4.99 Å². The molecule has 3 heterocycles. The van der Waals surface area contributed by atoms with E-state index >= 15 is 0 Å². The molecule has 0 aromatic carbocycles. The van der Waals surface area contributed by atoms with Crippen molar-refractivity contribution in [3.63, 3.8) is 0 Å². The van der Waals surface area contributed by atoms with Crippen LogP contribution in [0.4, 0.5) is 0 Å². The maximum absolute atomic E-state index is 5.69. The van der Waals surface area contributed by atoms with Gasteiger partial charge in [-0.15, -0.1) is 10.2 Å². The fourth-order valence-corrected chi connectivity index (χ4v) is 2.94. The number of likely N-dealkylation sites (tertiary alicyclic amines) is 1. The summed E-state index contributed by atoms with van der Waals surface area (Å²) in [6.07, 6.45) is 5.11. The van der Waals surface area contributed by atoms with Crippen LogP contribution < -0.4 is 5.32 Å². The van der Waals surface area contributed by atoms with Crippen LogP contribution >= 0.6 is 0 Å². The molecule has 3 rings (SSSR count). The third kappa shape index (κ3) is 3.58. The highest BCUT2D eigenvalue weighted by molar-refractivity contribution is 5.80. The lowest BCUT2D eigenvalue weighted by Gasteiger charge is -2.22. The van der Waals surface area contributed by atoms with Crippen LogP contribution in [0.3, 0.4) is 0 Å². The summed E-state index contributed by atoms with van der Waals surface area (Å²) in [5.41, 5.74) is 0. The molecule has 122 valence electrons. The minimum atomic E-state index is 0.324. The third-order valence-electron chi connectivity index (χ3n) is 4.47. The van der Waals surface area contributed by atoms with E-state index in [0.717, 1.165) is 50.3 Å². The molecule has 7 nitrogen and oxygen atoms in total. The number of rotatable bonds is 4. The molecule has 2 fully saturated rings. The van der Waals surface area contributed by atoms with Crippen molar-refractivity contribution >= 4 is 5.96 Å². The minimum absolute atomic E-state index is 0.324. The lowest BCUT2D eigenvalue weighted by Crippen LogP contribution is -2.42. The number of nitrogens with zero attached hydrogens (tertiary/aromatic N) is 5. The van der Waals surface area contributed by atoms with Crippen LogP contribution in [0.1, 0.15) is 37.3 Å². The summed E-state index contributed by atoms with van der Waals surface area (Å²) in [4.78, 5) is 7.10. The molecule has 0 bridgehead atoms. The summed E-state index contributed by atoms with van der Waals surface area (Å²) in [5.74, 6) is 2.79. The van der Waals surface area contributed by atoms with Gasteiger partial charge in [0, 0.05) is 33.3 Å². The van der Waals surface area contributed by atoms with Crippen LogP contribution in [0, 0.1) is 6.92 Å². The van der Waals surface area contributed by atoms with Crippen molar-refractivity contribution in [1.82, 2.24) is 25.0 Å². The number of nitrogens with one attached hydrogen (secondary N) is 1. The largest absolute Gasteiger partial charge is 0.376 e. The van der Waals surface area contributed by atoms with Gasteiger partial charge in [0.05, 0.1) is 6.10 Å². The predicted molar refractivity (Wildman–Crippen MR) is 84.7 cm³/mol. The molecule has 1 aromatic heterocycles. The first-order valence-corrected chi connectivity index (χ1v) is 8.24. The van der Waals surface area contributed by atoms with Gasteiger partial charge < -0.3 is 19.5 Å². The lowest BCUT2D eigenvalue weighted by atomic mass is 10.2. The van der Waals surface area contributed by atoms with Crippen LogP contribution in [0.15, 0.2) is 4.99 Å². The molecule has 0 spiro atoms. The van der Waals surface area contributed by atoms with E-state index < -0.39 is 0 Å². The number of hydrogen-bond acceptors (Lipinski definition) is 4. The second kappa shape index (κ2) is 7.09. The van der Waals surface area contributed by atoms with E-state index in [4.69, 9.17) is 9.73 Å². The van der Waals surface area contributed by atoms with E-state index in [1.54, 1.807) is 0 Å². The summed E-state index contributed by atoms with van der Waals surface area (Å²) >= 11 is 0. The van der Waals surface area contributed by atoms with E-state index in [-0.39, 0.29) is 0 Å². The Morgan fingerprint density at radius 3 is 2.77 bits per heavy atom. The van der Waals surface area contributed by atoms with Crippen molar-refractivity contribution in [2.24, 2.45) is 12.0 Å². The molecule has 0 amide bonds. The van der Waals surface area contributed by atoms with Gasteiger partial charge in [-0.1, -0.05) is 0 Å². The van der Waals surface area contributed by atoms with Crippen molar-refractivity contribution < 1.29 is 4.74 Å². The van der Waals surface area contributed by atoms with Crippen molar-refractivity contribution in [2.45, 2.75) is 45.3 Å². The van der Waals surface area contributed by atoms with Crippen molar-refractivity contribution in [2.75, 3.05) is 26.2 Å². The maximum Gasteiger partial charge on any atom is 0.194 e. The molecule has 0 saturated carbocycles. The van der Waals surface area contributed by atoms with Gasteiger partial charge in [-0.2, -0.15) is 0 Å². The standard InChI is InChI=1S/C15H26N6O/c1-12-18-19-14(20(12)2)11-17-15(21-7-3-4-8-21)16-10-13-6-5-9-22-13/h13H,3-11H2,1-2H3,(H,16,17). The van der Waals surface area contributed by atoms with E-state index in [1.807, 2.05) is 18.5 Å². The minimum Gasteiger partial charge on any atom is -0.376 e. The Morgan fingerprint density at radius 1 is 1.32 bits per heavy atom. The first-order chi connectivity index (χ1) is 10.7. The monoisotopic (exact) mass is 306 g/mol. The number of guanidine groups is 1.